The molecule has 5 nitrogen and oxygen atoms in total. The van der Waals surface area contributed by atoms with Crippen LogP contribution in [0.15, 0.2) is 18.2 Å². The number of carboxylic acids is 1. The summed E-state index contributed by atoms with van der Waals surface area (Å²) in [5.74, 6) is -3.00. The van der Waals surface area contributed by atoms with E-state index in [1.165, 1.54) is 25.1 Å². The van der Waals surface area contributed by atoms with Crippen molar-refractivity contribution in [2.24, 2.45) is 5.92 Å². The highest BCUT2D eigenvalue weighted by Gasteiger charge is 2.20. The van der Waals surface area contributed by atoms with Crippen LogP contribution in [0.2, 0.25) is 5.02 Å². The van der Waals surface area contributed by atoms with Crippen LogP contribution >= 0.6 is 11.6 Å². The summed E-state index contributed by atoms with van der Waals surface area (Å²) in [7, 11) is 0. The molecule has 1 aromatic carbocycles. The summed E-state index contributed by atoms with van der Waals surface area (Å²) < 4.78 is 0. The van der Waals surface area contributed by atoms with E-state index >= 15 is 0 Å². The standard InChI is InChI=1S/C11H9ClN2O3/c1-6(11(16)17)10(15)14-8-3-2-7(5-13)9(12)4-8/h2-4,6H,1H3,(H,14,15)(H,16,17). The van der Waals surface area contributed by atoms with Crippen LogP contribution in [-0.4, -0.2) is 17.0 Å². The Balaban J connectivity index is 2.84. The second-order valence-corrected chi connectivity index (χ2v) is 3.76. The lowest BCUT2D eigenvalue weighted by Crippen LogP contribution is -2.26. The fourth-order valence-corrected chi connectivity index (χ4v) is 1.27. The number of carbonyl (C=O) groups excluding carboxylic acids is 1. The van der Waals surface area contributed by atoms with Crippen LogP contribution in [0.3, 0.4) is 0 Å². The zero-order chi connectivity index (χ0) is 13.0. The van der Waals surface area contributed by atoms with E-state index in [0.717, 1.165) is 0 Å². The normalized spacial score (nSPS) is 11.4. The van der Waals surface area contributed by atoms with Gasteiger partial charge in [-0.05, 0) is 25.1 Å². The van der Waals surface area contributed by atoms with Gasteiger partial charge in [0.05, 0.1) is 10.6 Å². The first-order valence-electron chi connectivity index (χ1n) is 4.69. The minimum Gasteiger partial charge on any atom is -0.481 e. The number of nitriles is 1. The summed E-state index contributed by atoms with van der Waals surface area (Å²) in [6, 6.07) is 6.20. The maximum absolute atomic E-state index is 11.4. The van der Waals surface area contributed by atoms with Gasteiger partial charge >= 0.3 is 5.97 Å². The topological polar surface area (TPSA) is 90.2 Å². The molecule has 17 heavy (non-hydrogen) atoms. The van der Waals surface area contributed by atoms with Crippen molar-refractivity contribution in [1.82, 2.24) is 0 Å². The summed E-state index contributed by atoms with van der Waals surface area (Å²) in [4.78, 5) is 22.0. The molecule has 0 bridgehead atoms. The maximum Gasteiger partial charge on any atom is 0.315 e. The highest BCUT2D eigenvalue weighted by atomic mass is 35.5. The Kier molecular flexibility index (Phi) is 4.07. The second kappa shape index (κ2) is 5.32. The van der Waals surface area contributed by atoms with Gasteiger partial charge in [-0.1, -0.05) is 11.6 Å². The molecule has 0 heterocycles. The third-order valence-electron chi connectivity index (χ3n) is 2.12. The quantitative estimate of drug-likeness (QED) is 0.804. The first-order valence-corrected chi connectivity index (χ1v) is 5.07. The fourth-order valence-electron chi connectivity index (χ4n) is 1.05. The van der Waals surface area contributed by atoms with Crippen LogP contribution in [0.5, 0.6) is 0 Å². The summed E-state index contributed by atoms with van der Waals surface area (Å²) in [5, 5.41) is 19.9. The maximum atomic E-state index is 11.4. The van der Waals surface area contributed by atoms with Gasteiger partial charge in [0, 0.05) is 5.69 Å². The van der Waals surface area contributed by atoms with E-state index in [-0.39, 0.29) is 10.6 Å². The molecule has 0 saturated carbocycles. The predicted molar refractivity (Wildman–Crippen MR) is 61.6 cm³/mol. The molecule has 1 amide bonds. The van der Waals surface area contributed by atoms with Gasteiger partial charge in [0.15, 0.2) is 0 Å². The highest BCUT2D eigenvalue weighted by molar-refractivity contribution is 6.32. The molecule has 1 rings (SSSR count). The van der Waals surface area contributed by atoms with Gasteiger partial charge in [-0.3, -0.25) is 9.59 Å². The number of halogens is 1. The summed E-state index contributed by atoms with van der Waals surface area (Å²) in [5.41, 5.74) is 0.642. The monoisotopic (exact) mass is 252 g/mol. The Morgan fingerprint density at radius 1 is 1.53 bits per heavy atom. The van der Waals surface area contributed by atoms with Gasteiger partial charge in [0.1, 0.15) is 12.0 Å². The van der Waals surface area contributed by atoms with Crippen LogP contribution in [0, 0.1) is 17.2 Å². The van der Waals surface area contributed by atoms with E-state index in [0.29, 0.717) is 5.69 Å². The minimum absolute atomic E-state index is 0.202. The van der Waals surface area contributed by atoms with Crippen LogP contribution in [0.4, 0.5) is 5.69 Å². The number of rotatable bonds is 3. The van der Waals surface area contributed by atoms with Crippen molar-refractivity contribution in [2.75, 3.05) is 5.32 Å². The average Bonchev–Trinajstić information content (AvgIpc) is 2.28. The van der Waals surface area contributed by atoms with E-state index in [1.54, 1.807) is 0 Å². The molecule has 2 N–H and O–H groups in total. The van der Waals surface area contributed by atoms with Crippen molar-refractivity contribution in [2.45, 2.75) is 6.92 Å². The number of hydrogen-bond donors (Lipinski definition) is 2. The number of anilines is 1. The molecule has 0 aliphatic rings. The molecule has 0 fully saturated rings. The molecule has 1 unspecified atom stereocenters. The Labute approximate surface area is 103 Å². The van der Waals surface area contributed by atoms with E-state index in [1.807, 2.05) is 6.07 Å². The first kappa shape index (κ1) is 13.0. The van der Waals surface area contributed by atoms with Crippen LogP contribution in [0.25, 0.3) is 0 Å². The molecule has 0 spiro atoms. The third kappa shape index (κ3) is 3.20. The molecular formula is C11H9ClN2O3. The Hall–Kier alpha value is -2.06. The van der Waals surface area contributed by atoms with Gasteiger partial charge in [-0.2, -0.15) is 5.26 Å². The number of hydrogen-bond acceptors (Lipinski definition) is 3. The lowest BCUT2D eigenvalue weighted by Gasteiger charge is -2.08. The zero-order valence-corrected chi connectivity index (χ0v) is 9.65. The van der Waals surface area contributed by atoms with Gasteiger partial charge < -0.3 is 10.4 Å². The largest absolute Gasteiger partial charge is 0.481 e. The summed E-state index contributed by atoms with van der Waals surface area (Å²) in [6.07, 6.45) is 0. The molecule has 1 aromatic rings. The van der Waals surface area contributed by atoms with E-state index < -0.39 is 17.8 Å². The molecule has 0 saturated heterocycles. The highest BCUT2D eigenvalue weighted by Crippen LogP contribution is 2.20. The molecule has 0 aliphatic carbocycles. The second-order valence-electron chi connectivity index (χ2n) is 3.36. The average molecular weight is 253 g/mol. The Morgan fingerprint density at radius 3 is 2.65 bits per heavy atom. The molecule has 0 aliphatic heterocycles. The van der Waals surface area contributed by atoms with Gasteiger partial charge in [0.25, 0.3) is 0 Å². The van der Waals surface area contributed by atoms with Crippen LogP contribution in [-0.2, 0) is 9.59 Å². The first-order chi connectivity index (χ1) is 7.95. The molecule has 1 atom stereocenters. The summed E-state index contributed by atoms with van der Waals surface area (Å²) >= 11 is 5.76. The number of nitrogens with one attached hydrogen (secondary N) is 1. The third-order valence-corrected chi connectivity index (χ3v) is 2.43. The molecule has 6 heteroatoms. The molecule has 0 aromatic heterocycles. The van der Waals surface area contributed by atoms with Crippen molar-refractivity contribution < 1.29 is 14.7 Å². The molecule has 88 valence electrons. The van der Waals surface area contributed by atoms with Crippen LogP contribution < -0.4 is 5.32 Å². The van der Waals surface area contributed by atoms with Gasteiger partial charge in [-0.15, -0.1) is 0 Å². The number of aliphatic carboxylic acids is 1. The summed E-state index contributed by atoms with van der Waals surface area (Å²) in [6.45, 7) is 1.28. The SMILES string of the molecule is CC(C(=O)O)C(=O)Nc1ccc(C#N)c(Cl)c1. The Bertz CT molecular complexity index is 508. The van der Waals surface area contributed by atoms with Crippen molar-refractivity contribution in [3.63, 3.8) is 0 Å². The number of carbonyl (C=O) groups is 2. The lowest BCUT2D eigenvalue weighted by molar-refractivity contribution is -0.144. The molecule has 0 radical (unpaired) electrons. The van der Waals surface area contributed by atoms with Gasteiger partial charge in [-0.25, -0.2) is 0 Å². The predicted octanol–water partition coefficient (Wildman–Crippen LogP) is 1.87. The van der Waals surface area contributed by atoms with E-state index in [4.69, 9.17) is 22.0 Å². The van der Waals surface area contributed by atoms with Crippen molar-refractivity contribution >= 4 is 29.2 Å². The van der Waals surface area contributed by atoms with Crippen molar-refractivity contribution in [3.8, 4) is 6.07 Å². The molecular weight excluding hydrogens is 244 g/mol. The van der Waals surface area contributed by atoms with E-state index in [9.17, 15) is 9.59 Å². The Morgan fingerprint density at radius 2 is 2.18 bits per heavy atom. The number of amides is 1. The van der Waals surface area contributed by atoms with E-state index in [2.05, 4.69) is 5.32 Å². The van der Waals surface area contributed by atoms with Crippen molar-refractivity contribution in [1.29, 1.82) is 5.26 Å². The number of carboxylic acid groups (broad SMARTS) is 1. The minimum atomic E-state index is -1.21. The fraction of sp³-hybridized carbons (Fsp3) is 0.182. The lowest BCUT2D eigenvalue weighted by atomic mass is 10.1. The van der Waals surface area contributed by atoms with Crippen LogP contribution in [0.1, 0.15) is 12.5 Å². The number of nitrogens with zero attached hydrogens (tertiary/aromatic N) is 1. The smallest absolute Gasteiger partial charge is 0.315 e. The zero-order valence-electron chi connectivity index (χ0n) is 8.90. The van der Waals surface area contributed by atoms with Gasteiger partial charge in [0.2, 0.25) is 5.91 Å². The van der Waals surface area contributed by atoms with Crippen molar-refractivity contribution in [3.05, 3.63) is 28.8 Å². The number of benzene rings is 1.